The predicted molar refractivity (Wildman–Crippen MR) is 117 cm³/mol. The van der Waals surface area contributed by atoms with E-state index in [1.54, 1.807) is 24.3 Å². The van der Waals surface area contributed by atoms with E-state index < -0.39 is 0 Å². The van der Waals surface area contributed by atoms with Crippen LogP contribution in [-0.4, -0.2) is 30.8 Å². The van der Waals surface area contributed by atoms with E-state index in [1.165, 1.54) is 16.7 Å². The molecule has 28 heavy (non-hydrogen) atoms. The Balaban J connectivity index is 2.34. The lowest BCUT2D eigenvalue weighted by Crippen LogP contribution is -2.26. The Morgan fingerprint density at radius 1 is 0.964 bits per heavy atom. The fourth-order valence-electron chi connectivity index (χ4n) is 2.59. The van der Waals surface area contributed by atoms with Crippen LogP contribution in [0.25, 0.3) is 0 Å². The fraction of sp³-hybridized carbons (Fsp3) is 0.458. The number of hydrogen-bond acceptors (Lipinski definition) is 3. The van der Waals surface area contributed by atoms with Gasteiger partial charge in [-0.05, 0) is 83.7 Å². The molecule has 0 bridgehead atoms. The van der Waals surface area contributed by atoms with Crippen molar-refractivity contribution in [2.45, 2.75) is 53.4 Å². The number of benzene rings is 1. The Hall–Kier alpha value is -2.33. The van der Waals surface area contributed by atoms with Gasteiger partial charge < -0.3 is 15.2 Å². The van der Waals surface area contributed by atoms with Crippen molar-refractivity contribution >= 4 is 5.91 Å². The standard InChI is InChI=1S/C24H35NO3/c1-19(2)7-5-8-20(3)9-6-10-21(4)15-18-28-23-13-11-22(12-14-23)24(27)25-16-17-26/h7,9,11-15,26H,5-6,8,10,16-18H2,1-4H3,(H,25,27)/b20-9+,21-15+. The van der Waals surface area contributed by atoms with Gasteiger partial charge in [-0.15, -0.1) is 0 Å². The van der Waals surface area contributed by atoms with Gasteiger partial charge in [0, 0.05) is 12.1 Å². The lowest BCUT2D eigenvalue weighted by molar-refractivity contribution is 0.0944. The Morgan fingerprint density at radius 3 is 2.18 bits per heavy atom. The quantitative estimate of drug-likeness (QED) is 0.486. The number of ether oxygens (including phenoxy) is 1. The van der Waals surface area contributed by atoms with Crippen LogP contribution in [0.1, 0.15) is 63.7 Å². The third-order valence-electron chi connectivity index (χ3n) is 4.32. The highest BCUT2D eigenvalue weighted by Gasteiger charge is 2.04. The lowest BCUT2D eigenvalue weighted by atomic mass is 10.1. The molecule has 2 N–H and O–H groups in total. The van der Waals surface area contributed by atoms with Crippen LogP contribution >= 0.6 is 0 Å². The van der Waals surface area contributed by atoms with Gasteiger partial charge in [0.1, 0.15) is 12.4 Å². The van der Waals surface area contributed by atoms with E-state index in [0.29, 0.717) is 12.2 Å². The minimum atomic E-state index is -0.194. The topological polar surface area (TPSA) is 58.6 Å². The first kappa shape index (κ1) is 23.7. The van der Waals surface area contributed by atoms with Gasteiger partial charge in [0.2, 0.25) is 0 Å². The molecule has 1 aromatic carbocycles. The molecule has 1 rings (SSSR count). The van der Waals surface area contributed by atoms with Crippen molar-refractivity contribution in [2.75, 3.05) is 19.8 Å². The SMILES string of the molecule is CC(C)=CCC/C(C)=C/CC/C(C)=C/COc1ccc(C(=O)NCCO)cc1. The van der Waals surface area contributed by atoms with Crippen LogP contribution < -0.4 is 10.1 Å². The number of nitrogens with one attached hydrogen (secondary N) is 1. The number of aliphatic hydroxyl groups is 1. The third kappa shape index (κ3) is 10.7. The van der Waals surface area contributed by atoms with Crippen LogP contribution in [0.2, 0.25) is 0 Å². The number of carbonyl (C=O) groups excluding carboxylic acids is 1. The summed E-state index contributed by atoms with van der Waals surface area (Å²) < 4.78 is 5.73. The smallest absolute Gasteiger partial charge is 0.251 e. The van der Waals surface area contributed by atoms with Crippen molar-refractivity contribution in [3.63, 3.8) is 0 Å². The number of allylic oxidation sites excluding steroid dienone is 5. The van der Waals surface area contributed by atoms with Gasteiger partial charge >= 0.3 is 0 Å². The summed E-state index contributed by atoms with van der Waals surface area (Å²) in [4.78, 5) is 11.8. The highest BCUT2D eigenvalue weighted by molar-refractivity contribution is 5.94. The first-order valence-electron chi connectivity index (χ1n) is 9.99. The average molecular weight is 386 g/mol. The zero-order chi connectivity index (χ0) is 20.8. The molecule has 0 fully saturated rings. The Labute approximate surface area is 170 Å². The van der Waals surface area contributed by atoms with Crippen molar-refractivity contribution in [1.82, 2.24) is 5.32 Å². The van der Waals surface area contributed by atoms with Crippen LogP contribution in [0.4, 0.5) is 0 Å². The largest absolute Gasteiger partial charge is 0.490 e. The number of rotatable bonds is 12. The molecular formula is C24H35NO3. The van der Waals surface area contributed by atoms with Crippen LogP contribution in [-0.2, 0) is 0 Å². The van der Waals surface area contributed by atoms with Crippen molar-refractivity contribution in [3.8, 4) is 5.75 Å². The zero-order valence-electron chi connectivity index (χ0n) is 17.8. The Bertz CT molecular complexity index is 680. The molecule has 4 heteroatoms. The maximum absolute atomic E-state index is 11.8. The summed E-state index contributed by atoms with van der Waals surface area (Å²) in [6.45, 7) is 9.32. The molecule has 0 aliphatic carbocycles. The molecule has 1 aromatic rings. The van der Waals surface area contributed by atoms with Crippen molar-refractivity contribution in [2.24, 2.45) is 0 Å². The van der Waals surface area contributed by atoms with Crippen LogP contribution in [0.5, 0.6) is 5.75 Å². The minimum Gasteiger partial charge on any atom is -0.490 e. The van der Waals surface area contributed by atoms with Gasteiger partial charge in [-0.1, -0.05) is 28.9 Å². The molecule has 0 saturated carbocycles. The van der Waals surface area contributed by atoms with Crippen molar-refractivity contribution < 1.29 is 14.6 Å². The molecule has 0 atom stereocenters. The van der Waals surface area contributed by atoms with E-state index in [4.69, 9.17) is 9.84 Å². The van der Waals surface area contributed by atoms with Gasteiger partial charge in [-0.3, -0.25) is 4.79 Å². The van der Waals surface area contributed by atoms with E-state index in [-0.39, 0.29) is 19.1 Å². The van der Waals surface area contributed by atoms with Crippen molar-refractivity contribution in [1.29, 1.82) is 0 Å². The molecule has 0 aliphatic heterocycles. The second-order valence-corrected chi connectivity index (χ2v) is 7.27. The molecule has 0 radical (unpaired) electrons. The van der Waals surface area contributed by atoms with Gasteiger partial charge in [-0.2, -0.15) is 0 Å². The van der Waals surface area contributed by atoms with Crippen LogP contribution in [0.3, 0.4) is 0 Å². The van der Waals surface area contributed by atoms with Gasteiger partial charge in [0.25, 0.3) is 5.91 Å². The maximum atomic E-state index is 11.8. The second-order valence-electron chi connectivity index (χ2n) is 7.27. The number of hydrogen-bond donors (Lipinski definition) is 2. The lowest BCUT2D eigenvalue weighted by Gasteiger charge is -2.07. The fourth-order valence-corrected chi connectivity index (χ4v) is 2.59. The highest BCUT2D eigenvalue weighted by Crippen LogP contribution is 2.14. The molecule has 0 spiro atoms. The summed E-state index contributed by atoms with van der Waals surface area (Å²) in [7, 11) is 0. The summed E-state index contributed by atoms with van der Waals surface area (Å²) in [5, 5.41) is 11.4. The summed E-state index contributed by atoms with van der Waals surface area (Å²) >= 11 is 0. The van der Waals surface area contributed by atoms with E-state index in [1.807, 2.05) is 0 Å². The summed E-state index contributed by atoms with van der Waals surface area (Å²) in [5.74, 6) is 0.540. The number of amides is 1. The summed E-state index contributed by atoms with van der Waals surface area (Å²) in [6, 6.07) is 7.02. The average Bonchev–Trinajstić information content (AvgIpc) is 2.66. The third-order valence-corrected chi connectivity index (χ3v) is 4.32. The molecule has 0 unspecified atom stereocenters. The Kier molecular flexibility index (Phi) is 11.7. The molecule has 154 valence electrons. The summed E-state index contributed by atoms with van der Waals surface area (Å²) in [6.07, 6.45) is 11.1. The molecule has 1 amide bonds. The van der Waals surface area contributed by atoms with Gasteiger partial charge in [0.05, 0.1) is 6.61 Å². The molecular weight excluding hydrogens is 350 g/mol. The highest BCUT2D eigenvalue weighted by atomic mass is 16.5. The van der Waals surface area contributed by atoms with E-state index >= 15 is 0 Å². The van der Waals surface area contributed by atoms with Crippen LogP contribution in [0, 0.1) is 0 Å². The van der Waals surface area contributed by atoms with Crippen molar-refractivity contribution in [3.05, 3.63) is 64.8 Å². The first-order chi connectivity index (χ1) is 13.4. The molecule has 0 aromatic heterocycles. The predicted octanol–water partition coefficient (Wildman–Crippen LogP) is 5.21. The first-order valence-corrected chi connectivity index (χ1v) is 9.99. The normalized spacial score (nSPS) is 11.9. The zero-order valence-corrected chi connectivity index (χ0v) is 17.8. The second kappa shape index (κ2) is 13.8. The molecule has 0 saturated heterocycles. The van der Waals surface area contributed by atoms with E-state index in [2.05, 4.69) is 51.2 Å². The molecule has 0 aliphatic rings. The summed E-state index contributed by atoms with van der Waals surface area (Å²) in [5.41, 5.74) is 4.70. The maximum Gasteiger partial charge on any atom is 0.251 e. The molecule has 4 nitrogen and oxygen atoms in total. The van der Waals surface area contributed by atoms with Crippen LogP contribution in [0.15, 0.2) is 59.2 Å². The van der Waals surface area contributed by atoms with E-state index in [0.717, 1.165) is 31.4 Å². The monoisotopic (exact) mass is 385 g/mol. The molecule has 0 heterocycles. The number of aliphatic hydroxyl groups excluding tert-OH is 1. The number of carbonyl (C=O) groups is 1. The van der Waals surface area contributed by atoms with Gasteiger partial charge in [-0.25, -0.2) is 0 Å². The van der Waals surface area contributed by atoms with Gasteiger partial charge in [0.15, 0.2) is 0 Å². The van der Waals surface area contributed by atoms with E-state index in [9.17, 15) is 4.79 Å². The Morgan fingerprint density at radius 2 is 1.57 bits per heavy atom. The minimum absolute atomic E-state index is 0.0656.